The fraction of sp³-hybridized carbons (Fsp3) is 0.217. The maximum atomic E-state index is 12.4. The van der Waals surface area contributed by atoms with Crippen LogP contribution >= 0.6 is 11.3 Å². The lowest BCUT2D eigenvalue weighted by atomic mass is 10.2. The standard InChI is InChI=1S/C23H23N3O6S2/c1-14-4-8-21(19(27)10-14)34(28,29)30-13-15(2)31-16-5-7-18-20(11-16)32-22(26-18)9-6-17-12-25-23(24-3)33-17/h4-12,15,27H,13H2,1-3H3,(H,24,25). The molecule has 11 heteroatoms. The predicted molar refractivity (Wildman–Crippen MR) is 131 cm³/mol. The molecule has 0 aliphatic carbocycles. The molecule has 1 unspecified atom stereocenters. The molecule has 0 spiro atoms. The van der Waals surface area contributed by atoms with Crippen molar-refractivity contribution in [3.8, 4) is 11.5 Å². The van der Waals surface area contributed by atoms with Crippen LogP contribution in [0.5, 0.6) is 11.5 Å². The molecule has 2 N–H and O–H groups in total. The van der Waals surface area contributed by atoms with Crippen LogP contribution in [0.1, 0.15) is 23.3 Å². The van der Waals surface area contributed by atoms with Gasteiger partial charge in [-0.15, -0.1) is 0 Å². The molecular formula is C23H23N3O6S2. The molecule has 4 aromatic rings. The van der Waals surface area contributed by atoms with Gasteiger partial charge in [0, 0.05) is 30.3 Å². The monoisotopic (exact) mass is 501 g/mol. The fourth-order valence-corrected chi connectivity index (χ4v) is 4.77. The van der Waals surface area contributed by atoms with Crippen molar-refractivity contribution >= 4 is 49.8 Å². The van der Waals surface area contributed by atoms with Gasteiger partial charge in [-0.2, -0.15) is 8.42 Å². The average Bonchev–Trinajstić information content (AvgIpc) is 3.42. The smallest absolute Gasteiger partial charge is 0.300 e. The summed E-state index contributed by atoms with van der Waals surface area (Å²) in [4.78, 5) is 9.31. The fourth-order valence-electron chi connectivity index (χ4n) is 3.05. The maximum Gasteiger partial charge on any atom is 0.300 e. The first-order chi connectivity index (χ1) is 16.2. The zero-order valence-corrected chi connectivity index (χ0v) is 20.3. The summed E-state index contributed by atoms with van der Waals surface area (Å²) in [5, 5.41) is 13.7. The molecule has 0 bridgehead atoms. The van der Waals surface area contributed by atoms with Crippen LogP contribution in [0.25, 0.3) is 23.3 Å². The van der Waals surface area contributed by atoms with E-state index in [2.05, 4.69) is 15.3 Å². The van der Waals surface area contributed by atoms with E-state index in [1.165, 1.54) is 23.5 Å². The van der Waals surface area contributed by atoms with E-state index in [4.69, 9.17) is 13.3 Å². The van der Waals surface area contributed by atoms with E-state index >= 15 is 0 Å². The number of benzene rings is 2. The number of thiazole rings is 1. The minimum Gasteiger partial charge on any atom is -0.506 e. The number of aromatic hydroxyl groups is 1. The molecule has 4 rings (SSSR count). The summed E-state index contributed by atoms with van der Waals surface area (Å²) in [6, 6.07) is 9.42. The van der Waals surface area contributed by atoms with Crippen LogP contribution in [0.2, 0.25) is 0 Å². The Balaban J connectivity index is 1.39. The highest BCUT2D eigenvalue weighted by atomic mass is 32.2. The summed E-state index contributed by atoms with van der Waals surface area (Å²) in [6.45, 7) is 3.19. The molecule has 0 aliphatic rings. The second kappa shape index (κ2) is 9.84. The molecule has 0 amide bonds. The van der Waals surface area contributed by atoms with E-state index in [0.717, 1.165) is 15.6 Å². The molecule has 34 heavy (non-hydrogen) atoms. The maximum absolute atomic E-state index is 12.4. The Hall–Kier alpha value is -3.41. The van der Waals surface area contributed by atoms with E-state index in [1.807, 2.05) is 13.1 Å². The van der Waals surface area contributed by atoms with E-state index < -0.39 is 16.2 Å². The Morgan fingerprint density at radius 1 is 1.24 bits per heavy atom. The zero-order chi connectivity index (χ0) is 24.3. The molecule has 2 aromatic carbocycles. The third kappa shape index (κ3) is 5.56. The number of ether oxygens (including phenoxy) is 1. The number of phenols is 1. The van der Waals surface area contributed by atoms with E-state index in [0.29, 0.717) is 22.7 Å². The van der Waals surface area contributed by atoms with Crippen molar-refractivity contribution in [3.63, 3.8) is 0 Å². The summed E-state index contributed by atoms with van der Waals surface area (Å²) in [5.41, 5.74) is 1.93. The molecule has 9 nitrogen and oxygen atoms in total. The lowest BCUT2D eigenvalue weighted by Crippen LogP contribution is -2.22. The van der Waals surface area contributed by atoms with Gasteiger partial charge in [-0.3, -0.25) is 4.18 Å². The number of oxazole rings is 1. The zero-order valence-electron chi connectivity index (χ0n) is 18.7. The van der Waals surface area contributed by atoms with Crippen LogP contribution in [0.15, 0.2) is 51.9 Å². The summed E-state index contributed by atoms with van der Waals surface area (Å²) in [6.07, 6.45) is 4.79. The average molecular weight is 502 g/mol. The number of aryl methyl sites for hydroxylation is 1. The minimum absolute atomic E-state index is 0.235. The second-order valence-electron chi connectivity index (χ2n) is 7.47. The van der Waals surface area contributed by atoms with Crippen molar-refractivity contribution in [1.29, 1.82) is 0 Å². The highest BCUT2D eigenvalue weighted by Crippen LogP contribution is 2.27. The van der Waals surface area contributed by atoms with Gasteiger partial charge in [0.25, 0.3) is 0 Å². The first kappa shape index (κ1) is 23.7. The van der Waals surface area contributed by atoms with Crippen LogP contribution < -0.4 is 10.1 Å². The number of phenolic OH excluding ortho intramolecular Hbond substituents is 1. The third-order valence-electron chi connectivity index (χ3n) is 4.68. The lowest BCUT2D eigenvalue weighted by molar-refractivity contribution is 0.146. The van der Waals surface area contributed by atoms with Crippen molar-refractivity contribution < 1.29 is 26.9 Å². The molecule has 2 aromatic heterocycles. The van der Waals surface area contributed by atoms with E-state index in [1.54, 1.807) is 50.4 Å². The van der Waals surface area contributed by atoms with Crippen molar-refractivity contribution in [2.75, 3.05) is 19.0 Å². The molecule has 178 valence electrons. The first-order valence-corrected chi connectivity index (χ1v) is 12.5. The van der Waals surface area contributed by atoms with E-state index in [9.17, 15) is 13.5 Å². The van der Waals surface area contributed by atoms with Gasteiger partial charge >= 0.3 is 10.1 Å². The number of hydrogen-bond acceptors (Lipinski definition) is 10. The Morgan fingerprint density at radius 2 is 2.06 bits per heavy atom. The Bertz CT molecular complexity index is 1440. The number of hydrogen-bond donors (Lipinski definition) is 2. The lowest BCUT2D eigenvalue weighted by Gasteiger charge is -2.15. The van der Waals surface area contributed by atoms with Gasteiger partial charge in [-0.1, -0.05) is 17.4 Å². The quantitative estimate of drug-likeness (QED) is 0.314. The Morgan fingerprint density at radius 3 is 2.79 bits per heavy atom. The van der Waals surface area contributed by atoms with Crippen LogP contribution in [0.4, 0.5) is 5.13 Å². The molecule has 0 fully saturated rings. The molecule has 0 radical (unpaired) electrons. The Labute approximate surface area is 200 Å². The van der Waals surface area contributed by atoms with Crippen molar-refractivity contribution in [2.45, 2.75) is 24.8 Å². The van der Waals surface area contributed by atoms with E-state index in [-0.39, 0.29) is 17.3 Å². The van der Waals surface area contributed by atoms with Crippen molar-refractivity contribution in [2.24, 2.45) is 0 Å². The molecule has 0 saturated heterocycles. The van der Waals surface area contributed by atoms with Crippen LogP contribution in [0, 0.1) is 6.92 Å². The number of anilines is 1. The van der Waals surface area contributed by atoms with Gasteiger partial charge in [0.15, 0.2) is 10.7 Å². The summed E-state index contributed by atoms with van der Waals surface area (Å²) in [7, 11) is -2.32. The number of nitrogens with zero attached hydrogens (tertiary/aromatic N) is 2. The molecule has 2 heterocycles. The normalized spacial score (nSPS) is 12.9. The largest absolute Gasteiger partial charge is 0.506 e. The summed E-state index contributed by atoms with van der Waals surface area (Å²) >= 11 is 1.51. The Kier molecular flexibility index (Phi) is 6.87. The topological polar surface area (TPSA) is 124 Å². The molecular weight excluding hydrogens is 478 g/mol. The third-order valence-corrected chi connectivity index (χ3v) is 6.99. The summed E-state index contributed by atoms with van der Waals surface area (Å²) in [5.74, 6) is 0.561. The SMILES string of the molecule is CNc1ncc(C=Cc2nc3ccc(OC(C)COS(=O)(=O)c4ccc(C)cc4O)cc3o2)s1. The van der Waals surface area contributed by atoms with Crippen molar-refractivity contribution in [1.82, 2.24) is 9.97 Å². The van der Waals surface area contributed by atoms with Gasteiger partial charge in [0.1, 0.15) is 34.6 Å². The number of aromatic nitrogens is 2. The second-order valence-corrected chi connectivity index (χ2v) is 10.1. The molecule has 0 aliphatic heterocycles. The van der Waals surface area contributed by atoms with Crippen LogP contribution in [0.3, 0.4) is 0 Å². The molecule has 0 saturated carbocycles. The van der Waals surface area contributed by atoms with Gasteiger partial charge in [0.2, 0.25) is 5.89 Å². The summed E-state index contributed by atoms with van der Waals surface area (Å²) < 4.78 is 41.5. The van der Waals surface area contributed by atoms with Crippen molar-refractivity contribution in [3.05, 3.63) is 58.9 Å². The van der Waals surface area contributed by atoms with Gasteiger partial charge < -0.3 is 19.6 Å². The highest BCUT2D eigenvalue weighted by molar-refractivity contribution is 7.86. The number of nitrogens with one attached hydrogen (secondary N) is 1. The van der Waals surface area contributed by atoms with Crippen LogP contribution in [-0.4, -0.2) is 43.3 Å². The van der Waals surface area contributed by atoms with Gasteiger partial charge in [-0.05, 0) is 49.8 Å². The van der Waals surface area contributed by atoms with Crippen LogP contribution in [-0.2, 0) is 14.3 Å². The number of fused-ring (bicyclic) bond motifs is 1. The number of rotatable bonds is 9. The molecule has 1 atom stereocenters. The first-order valence-electron chi connectivity index (χ1n) is 10.3. The van der Waals surface area contributed by atoms with Gasteiger partial charge in [-0.25, -0.2) is 9.97 Å². The van der Waals surface area contributed by atoms with Gasteiger partial charge in [0.05, 0.1) is 0 Å². The predicted octanol–water partition coefficient (Wildman–Crippen LogP) is 4.68. The minimum atomic E-state index is -4.13. The highest BCUT2D eigenvalue weighted by Gasteiger charge is 2.21.